The van der Waals surface area contributed by atoms with Crippen molar-refractivity contribution in [1.29, 1.82) is 0 Å². The third-order valence-corrected chi connectivity index (χ3v) is 6.69. The Hall–Kier alpha value is -3.10. The fraction of sp³-hybridized carbons (Fsp3) is 0.154. The Morgan fingerprint density at radius 2 is 1.82 bits per heavy atom. The minimum Gasteiger partial charge on any atom is -0.497 e. The van der Waals surface area contributed by atoms with Gasteiger partial charge in [0.05, 0.1) is 22.2 Å². The van der Waals surface area contributed by atoms with Gasteiger partial charge in [-0.15, -0.1) is 0 Å². The molecule has 3 aromatic carbocycles. The lowest BCUT2D eigenvalue weighted by Crippen LogP contribution is -2.28. The van der Waals surface area contributed by atoms with Crippen LogP contribution in [0.15, 0.2) is 81.1 Å². The number of methoxy groups -OCH3 is 1. The smallest absolute Gasteiger partial charge is 0.266 e. The number of amides is 1. The van der Waals surface area contributed by atoms with Crippen LogP contribution in [0.25, 0.3) is 6.08 Å². The molecule has 0 unspecified atom stereocenters. The van der Waals surface area contributed by atoms with Crippen LogP contribution >= 0.6 is 27.7 Å². The Morgan fingerprint density at radius 3 is 2.47 bits per heavy atom. The highest BCUT2D eigenvalue weighted by atomic mass is 79.9. The summed E-state index contributed by atoms with van der Waals surface area (Å²) in [5.41, 5.74) is 2.48. The van der Waals surface area contributed by atoms with E-state index in [0.29, 0.717) is 29.0 Å². The molecule has 1 fully saturated rings. The third kappa shape index (κ3) is 5.69. The van der Waals surface area contributed by atoms with Gasteiger partial charge < -0.3 is 9.47 Å². The van der Waals surface area contributed by atoms with Gasteiger partial charge in [0.15, 0.2) is 5.17 Å². The van der Waals surface area contributed by atoms with Crippen molar-refractivity contribution in [1.82, 2.24) is 4.90 Å². The minimum atomic E-state index is -0.277. The van der Waals surface area contributed by atoms with E-state index in [2.05, 4.69) is 20.9 Å². The lowest BCUT2D eigenvalue weighted by Gasteiger charge is -2.12. The molecule has 0 N–H and O–H groups in total. The molecule has 1 aliphatic rings. The van der Waals surface area contributed by atoms with Crippen LogP contribution in [-0.2, 0) is 11.4 Å². The topological polar surface area (TPSA) is 51.1 Å². The number of halogens is 2. The first-order valence-corrected chi connectivity index (χ1v) is 12.2. The second-order valence-electron chi connectivity index (χ2n) is 7.36. The molecule has 34 heavy (non-hydrogen) atoms. The molecule has 5 nitrogen and oxygen atoms in total. The predicted molar refractivity (Wildman–Crippen MR) is 138 cm³/mol. The molecular weight excluding hydrogens is 519 g/mol. The maximum atomic E-state index is 13.1. The summed E-state index contributed by atoms with van der Waals surface area (Å²) in [5, 5.41) is 0.641. The summed E-state index contributed by atoms with van der Waals surface area (Å²) in [6, 6.07) is 19.2. The van der Waals surface area contributed by atoms with Crippen LogP contribution in [0.3, 0.4) is 0 Å². The van der Waals surface area contributed by atoms with Crippen molar-refractivity contribution in [2.75, 3.05) is 13.7 Å². The number of likely N-dealkylation sites (N-methyl/N-ethyl adjacent to an activating group) is 1. The number of amidine groups is 1. The van der Waals surface area contributed by atoms with E-state index >= 15 is 0 Å². The maximum Gasteiger partial charge on any atom is 0.266 e. The Labute approximate surface area is 210 Å². The first kappa shape index (κ1) is 24.0. The van der Waals surface area contributed by atoms with E-state index < -0.39 is 0 Å². The van der Waals surface area contributed by atoms with Crippen molar-refractivity contribution in [3.8, 4) is 11.5 Å². The van der Waals surface area contributed by atoms with Gasteiger partial charge in [0.1, 0.15) is 23.9 Å². The first-order valence-electron chi connectivity index (χ1n) is 10.6. The van der Waals surface area contributed by atoms with Gasteiger partial charge >= 0.3 is 0 Å². The zero-order chi connectivity index (χ0) is 24.1. The molecule has 4 rings (SSSR count). The zero-order valence-corrected chi connectivity index (χ0v) is 21.0. The molecule has 0 aliphatic carbocycles. The predicted octanol–water partition coefficient (Wildman–Crippen LogP) is 6.80. The summed E-state index contributed by atoms with van der Waals surface area (Å²) >= 11 is 4.89. The monoisotopic (exact) mass is 540 g/mol. The van der Waals surface area contributed by atoms with Crippen molar-refractivity contribution in [2.24, 2.45) is 4.99 Å². The average Bonchev–Trinajstić information content (AvgIpc) is 3.13. The number of rotatable bonds is 7. The number of carbonyl (C=O) groups excluding carboxylic acids is 1. The fourth-order valence-corrected chi connectivity index (χ4v) is 4.83. The number of carbonyl (C=O) groups is 1. The Bertz CT molecular complexity index is 1240. The third-order valence-electron chi connectivity index (χ3n) is 5.06. The number of benzene rings is 3. The van der Waals surface area contributed by atoms with E-state index in [-0.39, 0.29) is 11.7 Å². The summed E-state index contributed by atoms with van der Waals surface area (Å²) in [4.78, 5) is 19.9. The van der Waals surface area contributed by atoms with Gasteiger partial charge in [-0.3, -0.25) is 9.69 Å². The van der Waals surface area contributed by atoms with Crippen molar-refractivity contribution in [2.45, 2.75) is 13.5 Å². The molecule has 0 radical (unpaired) electrons. The molecule has 0 aromatic heterocycles. The van der Waals surface area contributed by atoms with Crippen LogP contribution < -0.4 is 9.47 Å². The molecule has 1 aliphatic heterocycles. The van der Waals surface area contributed by atoms with Crippen molar-refractivity contribution < 1.29 is 18.7 Å². The fourth-order valence-electron chi connectivity index (χ4n) is 3.25. The second kappa shape index (κ2) is 10.9. The van der Waals surface area contributed by atoms with E-state index in [1.54, 1.807) is 24.1 Å². The average molecular weight is 541 g/mol. The molecule has 1 amide bonds. The Kier molecular flexibility index (Phi) is 7.70. The van der Waals surface area contributed by atoms with Gasteiger partial charge in [0.2, 0.25) is 0 Å². The number of thioether (sulfide) groups is 1. The van der Waals surface area contributed by atoms with E-state index in [0.717, 1.165) is 27.0 Å². The summed E-state index contributed by atoms with van der Waals surface area (Å²) in [6.45, 7) is 2.77. The quantitative estimate of drug-likeness (QED) is 0.309. The van der Waals surface area contributed by atoms with Crippen LogP contribution in [-0.4, -0.2) is 29.6 Å². The highest BCUT2D eigenvalue weighted by Gasteiger charge is 2.32. The Balaban J connectivity index is 1.49. The van der Waals surface area contributed by atoms with Crippen LogP contribution in [0, 0.1) is 5.82 Å². The molecular formula is C26H22BrFN2O3S. The number of nitrogens with zero attached hydrogens (tertiary/aromatic N) is 2. The van der Waals surface area contributed by atoms with Gasteiger partial charge in [-0.1, -0.05) is 18.2 Å². The molecule has 0 atom stereocenters. The van der Waals surface area contributed by atoms with E-state index in [4.69, 9.17) is 9.47 Å². The molecule has 3 aromatic rings. The maximum absolute atomic E-state index is 13.1. The van der Waals surface area contributed by atoms with E-state index in [1.165, 1.54) is 23.9 Å². The molecule has 1 heterocycles. The van der Waals surface area contributed by atoms with E-state index in [9.17, 15) is 9.18 Å². The zero-order valence-electron chi connectivity index (χ0n) is 18.6. The van der Waals surface area contributed by atoms with E-state index in [1.807, 2.05) is 55.5 Å². The lowest BCUT2D eigenvalue weighted by molar-refractivity contribution is -0.122. The largest absolute Gasteiger partial charge is 0.497 e. The Morgan fingerprint density at radius 1 is 1.09 bits per heavy atom. The molecule has 0 saturated carbocycles. The van der Waals surface area contributed by atoms with Gasteiger partial charge in [-0.2, -0.15) is 0 Å². The molecule has 0 bridgehead atoms. The number of ether oxygens (including phenoxy) is 2. The van der Waals surface area contributed by atoms with Gasteiger partial charge in [0.25, 0.3) is 5.91 Å². The van der Waals surface area contributed by atoms with Gasteiger partial charge in [-0.05, 0) is 100 Å². The van der Waals surface area contributed by atoms with Crippen LogP contribution in [0.5, 0.6) is 11.5 Å². The first-order chi connectivity index (χ1) is 16.5. The standard InChI is InChI=1S/C26H22BrFN2O3S/c1-3-30-25(31)24(34-26(30)29-20-9-11-21(32-2)12-10-20)15-18-6-13-23(22(27)14-18)33-16-17-4-7-19(28)8-5-17/h4-15H,3,16H2,1-2H3/b24-15+,29-26?. The second-order valence-corrected chi connectivity index (χ2v) is 9.22. The summed E-state index contributed by atoms with van der Waals surface area (Å²) in [6.07, 6.45) is 1.85. The summed E-state index contributed by atoms with van der Waals surface area (Å²) in [5.74, 6) is 1.06. The molecule has 8 heteroatoms. The lowest BCUT2D eigenvalue weighted by atomic mass is 10.2. The van der Waals surface area contributed by atoms with Crippen LogP contribution in [0.4, 0.5) is 10.1 Å². The van der Waals surface area contributed by atoms with Crippen LogP contribution in [0.1, 0.15) is 18.1 Å². The molecule has 1 saturated heterocycles. The highest BCUT2D eigenvalue weighted by Crippen LogP contribution is 2.35. The summed E-state index contributed by atoms with van der Waals surface area (Å²) in [7, 11) is 1.62. The molecule has 174 valence electrons. The van der Waals surface area contributed by atoms with Crippen LogP contribution in [0.2, 0.25) is 0 Å². The summed E-state index contributed by atoms with van der Waals surface area (Å²) < 4.78 is 24.9. The van der Waals surface area contributed by atoms with Gasteiger partial charge in [0, 0.05) is 6.54 Å². The number of hydrogen-bond acceptors (Lipinski definition) is 5. The number of aliphatic imine (C=N–C) groups is 1. The minimum absolute atomic E-state index is 0.0764. The number of hydrogen-bond donors (Lipinski definition) is 0. The van der Waals surface area contributed by atoms with Crippen molar-refractivity contribution in [3.63, 3.8) is 0 Å². The highest BCUT2D eigenvalue weighted by molar-refractivity contribution is 9.10. The SMILES string of the molecule is CCN1C(=O)/C(=C\c2ccc(OCc3ccc(F)cc3)c(Br)c2)SC1=Nc1ccc(OC)cc1. The van der Waals surface area contributed by atoms with Crippen molar-refractivity contribution >= 4 is 50.5 Å². The van der Waals surface area contributed by atoms with Gasteiger partial charge in [-0.25, -0.2) is 9.38 Å². The molecule has 0 spiro atoms. The van der Waals surface area contributed by atoms with Crippen molar-refractivity contribution in [3.05, 3.63) is 93.1 Å². The normalized spacial score (nSPS) is 15.9.